The third-order valence-electron chi connectivity index (χ3n) is 5.25. The van der Waals surface area contributed by atoms with Crippen LogP contribution in [0.15, 0.2) is 0 Å². The van der Waals surface area contributed by atoms with Crippen LogP contribution >= 0.6 is 12.0 Å². The molecular formula is C24H46N4O7S. The van der Waals surface area contributed by atoms with Crippen molar-refractivity contribution in [3.05, 3.63) is 0 Å². The number of amides is 3. The Balaban J connectivity index is 4.13. The number of carboxylic acid groups (broad SMARTS) is 1. The summed E-state index contributed by atoms with van der Waals surface area (Å²) in [6.45, 7) is 12.7. The predicted molar refractivity (Wildman–Crippen MR) is 141 cm³/mol. The van der Waals surface area contributed by atoms with Crippen molar-refractivity contribution in [1.82, 2.24) is 20.9 Å². The molecule has 3 amide bonds. The van der Waals surface area contributed by atoms with Gasteiger partial charge in [0, 0.05) is 44.1 Å². The zero-order valence-electron chi connectivity index (χ0n) is 22.4. The molecule has 210 valence electrons. The summed E-state index contributed by atoms with van der Waals surface area (Å²) in [5, 5.41) is 17.1. The molecular weight excluding hydrogens is 488 g/mol. The molecule has 0 radical (unpaired) electrons. The summed E-state index contributed by atoms with van der Waals surface area (Å²) in [4.78, 5) is 48.6. The van der Waals surface area contributed by atoms with Gasteiger partial charge in [-0.3, -0.25) is 24.1 Å². The minimum Gasteiger partial charge on any atom is -0.481 e. The normalized spacial score (nSPS) is 13.2. The van der Waals surface area contributed by atoms with Crippen LogP contribution in [0.2, 0.25) is 0 Å². The Bertz CT molecular complexity index is 679. The number of likely N-dealkylation sites (N-methyl/N-ethyl adjacent to an activating group) is 1. The highest BCUT2D eigenvalue weighted by Crippen LogP contribution is 2.11. The number of nitrogens with zero attached hydrogens (tertiary/aromatic N) is 1. The average Bonchev–Trinajstić information content (AvgIpc) is 2.78. The first-order chi connectivity index (χ1) is 16.9. The van der Waals surface area contributed by atoms with Crippen molar-refractivity contribution in [1.29, 1.82) is 0 Å². The van der Waals surface area contributed by atoms with Crippen LogP contribution in [0.1, 0.15) is 66.7 Å². The fourth-order valence-electron chi connectivity index (χ4n) is 3.33. The Kier molecular flexibility index (Phi) is 18.2. The van der Waals surface area contributed by atoms with E-state index in [1.807, 2.05) is 39.5 Å². The maximum Gasteiger partial charge on any atom is 0.303 e. The van der Waals surface area contributed by atoms with Crippen molar-refractivity contribution in [2.24, 2.45) is 5.92 Å². The summed E-state index contributed by atoms with van der Waals surface area (Å²) in [5.41, 5.74) is -0.574. The Labute approximate surface area is 219 Å². The Morgan fingerprint density at radius 1 is 1.00 bits per heavy atom. The fourth-order valence-corrected chi connectivity index (χ4v) is 3.55. The molecule has 0 spiro atoms. The summed E-state index contributed by atoms with van der Waals surface area (Å²) in [6.07, 6.45) is 1.36. The van der Waals surface area contributed by atoms with E-state index >= 15 is 0 Å². The molecule has 0 heterocycles. The number of hydrogen-bond donors (Lipinski definition) is 5. The van der Waals surface area contributed by atoms with Crippen LogP contribution in [0, 0.1) is 5.92 Å². The number of rotatable bonds is 21. The van der Waals surface area contributed by atoms with Crippen molar-refractivity contribution in [2.45, 2.75) is 77.5 Å². The zero-order chi connectivity index (χ0) is 27.6. The molecule has 0 aliphatic rings. The fraction of sp³-hybridized carbons (Fsp3) is 0.833. The minimum atomic E-state index is -0.915. The van der Waals surface area contributed by atoms with Gasteiger partial charge in [-0.1, -0.05) is 20.8 Å². The summed E-state index contributed by atoms with van der Waals surface area (Å²) in [7, 11) is 0. The summed E-state index contributed by atoms with van der Waals surface area (Å²) >= 11 is 0.741. The standard InChI is InChI=1S/C24H46N4O7S/c1-6-28(15-22(31)26-13-12-25-20(29)11-10-19(3)36-34)14-18(2)16-35-17-24(4,5)27-21(30)8-7-9-23(32)33/h18-19,34H,6-17H2,1-5H3,(H,25,29)(H,26,31)(H,27,30)(H,32,33). The number of carbonyl (C=O) groups excluding carboxylic acids is 3. The molecule has 0 saturated carbocycles. The van der Waals surface area contributed by atoms with Gasteiger partial charge in [0.1, 0.15) is 0 Å². The third-order valence-corrected chi connectivity index (χ3v) is 5.84. The largest absolute Gasteiger partial charge is 0.481 e. The first-order valence-electron chi connectivity index (χ1n) is 12.5. The molecule has 2 atom stereocenters. The Morgan fingerprint density at radius 3 is 2.22 bits per heavy atom. The van der Waals surface area contributed by atoms with Crippen LogP contribution in [0.4, 0.5) is 0 Å². The van der Waals surface area contributed by atoms with Crippen LogP contribution in [-0.4, -0.2) is 95.0 Å². The van der Waals surface area contributed by atoms with Crippen molar-refractivity contribution >= 4 is 35.7 Å². The van der Waals surface area contributed by atoms with E-state index in [4.69, 9.17) is 14.4 Å². The first kappa shape index (κ1) is 34.1. The highest BCUT2D eigenvalue weighted by molar-refractivity contribution is 7.94. The second-order valence-electron chi connectivity index (χ2n) is 9.78. The summed E-state index contributed by atoms with van der Waals surface area (Å²) in [5.74, 6) is -1.16. The van der Waals surface area contributed by atoms with Gasteiger partial charge in [-0.15, -0.1) is 0 Å². The molecule has 0 aliphatic heterocycles. The number of carbonyl (C=O) groups is 4. The SMILES string of the molecule is CCN(CC(=O)NCCNC(=O)CCC(C)SO)CC(C)COCC(C)(C)NC(=O)CCCC(=O)O. The lowest BCUT2D eigenvalue weighted by Gasteiger charge is -2.28. The molecule has 0 aromatic carbocycles. The smallest absolute Gasteiger partial charge is 0.303 e. The molecule has 0 aliphatic carbocycles. The molecule has 0 aromatic heterocycles. The lowest BCUT2D eigenvalue weighted by Crippen LogP contribution is -2.47. The summed E-state index contributed by atoms with van der Waals surface area (Å²) in [6, 6.07) is 0. The maximum absolute atomic E-state index is 12.3. The lowest BCUT2D eigenvalue weighted by molar-refractivity contribution is -0.137. The van der Waals surface area contributed by atoms with E-state index in [1.165, 1.54) is 0 Å². The van der Waals surface area contributed by atoms with E-state index in [2.05, 4.69) is 16.0 Å². The second kappa shape index (κ2) is 19.3. The third kappa shape index (κ3) is 19.3. The van der Waals surface area contributed by atoms with E-state index in [9.17, 15) is 19.2 Å². The molecule has 0 rings (SSSR count). The highest BCUT2D eigenvalue weighted by atomic mass is 32.2. The van der Waals surface area contributed by atoms with Gasteiger partial charge >= 0.3 is 5.97 Å². The van der Waals surface area contributed by atoms with Crippen LogP contribution in [0.25, 0.3) is 0 Å². The molecule has 11 nitrogen and oxygen atoms in total. The molecule has 0 saturated heterocycles. The van der Waals surface area contributed by atoms with Crippen LogP contribution < -0.4 is 16.0 Å². The number of aliphatic carboxylic acids is 1. The van der Waals surface area contributed by atoms with Gasteiger partial charge in [-0.05, 0) is 51.2 Å². The number of carboxylic acids is 1. The lowest BCUT2D eigenvalue weighted by atomic mass is 10.1. The number of ether oxygens (including phenoxy) is 1. The summed E-state index contributed by atoms with van der Waals surface area (Å²) < 4.78 is 14.7. The molecule has 0 bridgehead atoms. The quantitative estimate of drug-likeness (QED) is 0.109. The average molecular weight is 535 g/mol. The first-order valence-corrected chi connectivity index (χ1v) is 13.4. The molecule has 0 aromatic rings. The predicted octanol–water partition coefficient (Wildman–Crippen LogP) is 1.72. The van der Waals surface area contributed by atoms with Gasteiger partial charge in [-0.2, -0.15) is 0 Å². The van der Waals surface area contributed by atoms with Crippen molar-refractivity contribution in [3.8, 4) is 0 Å². The number of nitrogens with one attached hydrogen (secondary N) is 3. The van der Waals surface area contributed by atoms with Gasteiger partial charge in [-0.25, -0.2) is 0 Å². The number of hydrogen-bond acceptors (Lipinski definition) is 8. The second-order valence-corrected chi connectivity index (χ2v) is 10.8. The van der Waals surface area contributed by atoms with Gasteiger partial charge < -0.3 is 30.3 Å². The van der Waals surface area contributed by atoms with E-state index in [-0.39, 0.29) is 48.3 Å². The van der Waals surface area contributed by atoms with Gasteiger partial charge in [0.05, 0.1) is 25.3 Å². The highest BCUT2D eigenvalue weighted by Gasteiger charge is 2.21. The van der Waals surface area contributed by atoms with Gasteiger partial charge in [0.25, 0.3) is 0 Å². The van der Waals surface area contributed by atoms with E-state index < -0.39 is 11.5 Å². The van der Waals surface area contributed by atoms with E-state index in [0.29, 0.717) is 58.7 Å². The van der Waals surface area contributed by atoms with Crippen molar-refractivity contribution < 1.29 is 33.6 Å². The maximum atomic E-state index is 12.3. The zero-order valence-corrected chi connectivity index (χ0v) is 23.2. The van der Waals surface area contributed by atoms with Gasteiger partial charge in [0.2, 0.25) is 17.7 Å². The van der Waals surface area contributed by atoms with Crippen molar-refractivity contribution in [2.75, 3.05) is 45.9 Å². The van der Waals surface area contributed by atoms with Crippen LogP contribution in [0.3, 0.4) is 0 Å². The van der Waals surface area contributed by atoms with E-state index in [1.54, 1.807) is 0 Å². The Hall–Kier alpha value is -1.89. The van der Waals surface area contributed by atoms with Gasteiger partial charge in [0.15, 0.2) is 0 Å². The van der Waals surface area contributed by atoms with Crippen LogP contribution in [-0.2, 0) is 23.9 Å². The van der Waals surface area contributed by atoms with Crippen molar-refractivity contribution in [3.63, 3.8) is 0 Å². The molecule has 2 unspecified atom stereocenters. The Morgan fingerprint density at radius 2 is 1.64 bits per heavy atom. The molecule has 5 N–H and O–H groups in total. The van der Waals surface area contributed by atoms with Crippen LogP contribution in [0.5, 0.6) is 0 Å². The molecule has 0 fully saturated rings. The molecule has 36 heavy (non-hydrogen) atoms. The topological polar surface area (TPSA) is 157 Å². The monoisotopic (exact) mass is 534 g/mol. The van der Waals surface area contributed by atoms with E-state index in [0.717, 1.165) is 12.0 Å². The molecule has 12 heteroatoms. The minimum absolute atomic E-state index is 0.0116.